The van der Waals surface area contributed by atoms with Gasteiger partial charge in [-0.15, -0.1) is 11.3 Å². The molecule has 0 amide bonds. The fourth-order valence-electron chi connectivity index (χ4n) is 12.2. The van der Waals surface area contributed by atoms with Gasteiger partial charge >= 0.3 is 6.85 Å². The van der Waals surface area contributed by atoms with Crippen LogP contribution in [0.4, 0.5) is 11.4 Å². The van der Waals surface area contributed by atoms with E-state index >= 15 is 0 Å². The Labute approximate surface area is 380 Å². The first-order chi connectivity index (χ1) is 30.4. The minimum absolute atomic E-state index is 0.00179. The Kier molecular flexibility index (Phi) is 7.44. The number of aryl methyl sites for hydroxylation is 1. The molecule has 0 unspecified atom stereocenters. The third-order valence-corrected chi connectivity index (χ3v) is 17.0. The highest BCUT2D eigenvalue weighted by Gasteiger charge is 2.48. The summed E-state index contributed by atoms with van der Waals surface area (Å²) in [6, 6.07) is 42.6. The van der Waals surface area contributed by atoms with E-state index in [2.05, 4.69) is 195 Å². The van der Waals surface area contributed by atoms with Crippen LogP contribution in [0.25, 0.3) is 80.7 Å². The maximum atomic E-state index is 7.02. The fourth-order valence-corrected chi connectivity index (χ4v) is 13.4. The van der Waals surface area contributed by atoms with Crippen LogP contribution in [0.2, 0.25) is 0 Å². The Bertz CT molecular complexity index is 3730. The molecule has 3 aliphatic rings. The predicted molar refractivity (Wildman–Crippen MR) is 277 cm³/mol. The third kappa shape index (κ3) is 5.00. The van der Waals surface area contributed by atoms with Gasteiger partial charge in [0.1, 0.15) is 11.2 Å². The number of fused-ring (bicyclic) bond motifs is 16. The molecule has 0 fully saturated rings. The molecule has 316 valence electrons. The van der Waals surface area contributed by atoms with Crippen LogP contribution in [0.15, 0.2) is 114 Å². The SMILES string of the molecule is Cc1cc2c(cc1N1B3c4c(cc5oc6ccccc6c5c4-n4c5ccc(C(C)(C)C)cc5c5cc(C(C)(C)C)cc3c54)-c3c1ccc1c3sc3ccccc31)C(C)(C)CCC2(C)C. The number of aromatic nitrogens is 1. The van der Waals surface area contributed by atoms with E-state index in [0.717, 1.165) is 16.6 Å². The lowest BCUT2D eigenvalue weighted by Crippen LogP contribution is -2.61. The molecule has 5 heterocycles. The largest absolute Gasteiger partial charge is 0.456 e. The quantitative estimate of drug-likeness (QED) is 0.153. The number of rotatable bonds is 1. The highest BCUT2D eigenvalue weighted by Crippen LogP contribution is 2.55. The van der Waals surface area contributed by atoms with E-state index in [-0.39, 0.29) is 28.5 Å². The lowest BCUT2D eigenvalue weighted by atomic mass is 9.43. The molecule has 5 heteroatoms. The van der Waals surface area contributed by atoms with Gasteiger partial charge in [0, 0.05) is 53.3 Å². The van der Waals surface area contributed by atoms with Crippen LogP contribution < -0.4 is 15.7 Å². The van der Waals surface area contributed by atoms with Gasteiger partial charge in [-0.2, -0.15) is 0 Å². The van der Waals surface area contributed by atoms with Gasteiger partial charge in [0.15, 0.2) is 0 Å². The lowest BCUT2D eigenvalue weighted by Gasteiger charge is -2.46. The Morgan fingerprint density at radius 1 is 0.625 bits per heavy atom. The molecule has 0 N–H and O–H groups in total. The summed E-state index contributed by atoms with van der Waals surface area (Å²) in [7, 11) is 0. The molecule has 3 aromatic heterocycles. The summed E-state index contributed by atoms with van der Waals surface area (Å²) in [6.07, 6.45) is 2.36. The summed E-state index contributed by atoms with van der Waals surface area (Å²) in [5, 5.41) is 7.64. The van der Waals surface area contributed by atoms with Crippen molar-refractivity contribution in [3.63, 3.8) is 0 Å². The molecule has 1 aliphatic carbocycles. The first kappa shape index (κ1) is 38.7. The van der Waals surface area contributed by atoms with Crippen molar-refractivity contribution in [1.82, 2.24) is 4.57 Å². The smallest absolute Gasteiger partial charge is 0.333 e. The number of para-hydroxylation sites is 1. The zero-order chi connectivity index (χ0) is 44.1. The summed E-state index contributed by atoms with van der Waals surface area (Å²) in [6.45, 7) is 26.3. The molecule has 10 aromatic rings. The van der Waals surface area contributed by atoms with Gasteiger partial charge in [-0.25, -0.2) is 0 Å². The highest BCUT2D eigenvalue weighted by molar-refractivity contribution is 7.26. The van der Waals surface area contributed by atoms with Gasteiger partial charge in [-0.05, 0) is 134 Å². The highest BCUT2D eigenvalue weighted by atomic mass is 32.1. The maximum Gasteiger partial charge on any atom is 0.333 e. The molecule has 0 saturated heterocycles. The van der Waals surface area contributed by atoms with Crippen molar-refractivity contribution < 1.29 is 4.42 Å². The van der Waals surface area contributed by atoms with Gasteiger partial charge < -0.3 is 13.8 Å². The summed E-state index contributed by atoms with van der Waals surface area (Å²) in [4.78, 5) is 2.80. The van der Waals surface area contributed by atoms with Gasteiger partial charge in [-0.1, -0.05) is 130 Å². The molecule has 0 bridgehead atoms. The molecule has 0 atom stereocenters. The molecule has 0 saturated carbocycles. The van der Waals surface area contributed by atoms with Crippen LogP contribution in [-0.2, 0) is 21.7 Å². The predicted octanol–water partition coefficient (Wildman–Crippen LogP) is 15.5. The number of thiophene rings is 1. The van der Waals surface area contributed by atoms with E-state index in [0.29, 0.717) is 0 Å². The second-order valence-corrected chi connectivity index (χ2v) is 23.9. The zero-order valence-electron chi connectivity index (χ0n) is 39.1. The number of anilines is 2. The van der Waals surface area contributed by atoms with Gasteiger partial charge in [0.05, 0.1) is 22.1 Å². The molecule has 64 heavy (non-hydrogen) atoms. The van der Waals surface area contributed by atoms with E-state index < -0.39 is 0 Å². The average molecular weight is 851 g/mol. The number of furan rings is 1. The van der Waals surface area contributed by atoms with Gasteiger partial charge in [0.25, 0.3) is 0 Å². The van der Waals surface area contributed by atoms with Crippen molar-refractivity contribution in [2.24, 2.45) is 0 Å². The molecule has 13 rings (SSSR count). The van der Waals surface area contributed by atoms with Crippen LogP contribution >= 0.6 is 11.3 Å². The normalized spacial score (nSPS) is 16.4. The molecule has 0 spiro atoms. The Balaban J connectivity index is 1.28. The van der Waals surface area contributed by atoms with Crippen molar-refractivity contribution in [3.8, 4) is 16.8 Å². The first-order valence-corrected chi connectivity index (χ1v) is 24.2. The summed E-state index contributed by atoms with van der Waals surface area (Å²) in [5.41, 5.74) is 20.7. The van der Waals surface area contributed by atoms with E-state index in [4.69, 9.17) is 4.42 Å². The van der Waals surface area contributed by atoms with E-state index in [1.54, 1.807) is 0 Å². The number of benzene rings is 7. The minimum Gasteiger partial charge on any atom is -0.456 e. The standard InChI is InChI=1S/C59H55BN2OS/c1-32-26-41-42(59(10,11)25-24-58(41,8)9)31-46(32)62-45-23-21-36-35-16-13-15-19-49(35)64-55(36)50(45)40-30-48-51(37-17-12-14-18-47(37)63-48)54-52(40)60(62)43-29-34(57(5,6)7)28-39-38-27-33(56(2,3)4)20-22-44(38)61(54)53(39)43/h12-23,26-31H,24-25H2,1-11H3. The van der Waals surface area contributed by atoms with Crippen LogP contribution in [0.5, 0.6) is 0 Å². The van der Waals surface area contributed by atoms with Crippen molar-refractivity contribution >= 4 is 104 Å². The van der Waals surface area contributed by atoms with E-state index in [1.807, 2.05) is 11.3 Å². The van der Waals surface area contributed by atoms with Crippen LogP contribution in [0.1, 0.15) is 110 Å². The van der Waals surface area contributed by atoms with Crippen molar-refractivity contribution in [1.29, 1.82) is 0 Å². The van der Waals surface area contributed by atoms with Crippen LogP contribution in [-0.4, -0.2) is 11.4 Å². The van der Waals surface area contributed by atoms with Crippen LogP contribution in [0, 0.1) is 6.92 Å². The first-order valence-electron chi connectivity index (χ1n) is 23.4. The van der Waals surface area contributed by atoms with Gasteiger partial charge in [-0.3, -0.25) is 0 Å². The number of hydrogen-bond donors (Lipinski definition) is 0. The maximum absolute atomic E-state index is 7.02. The van der Waals surface area contributed by atoms with E-state index in [1.165, 1.54) is 127 Å². The Morgan fingerprint density at radius 3 is 2.06 bits per heavy atom. The molecule has 2 aliphatic heterocycles. The summed E-state index contributed by atoms with van der Waals surface area (Å²) < 4.78 is 12.3. The van der Waals surface area contributed by atoms with E-state index in [9.17, 15) is 0 Å². The Morgan fingerprint density at radius 2 is 1.31 bits per heavy atom. The molecule has 7 aromatic carbocycles. The zero-order valence-corrected chi connectivity index (χ0v) is 39.9. The Hall–Kier alpha value is -5.78. The minimum atomic E-state index is -0.109. The second-order valence-electron chi connectivity index (χ2n) is 22.8. The molecule has 3 nitrogen and oxygen atoms in total. The van der Waals surface area contributed by atoms with Crippen molar-refractivity contribution in [3.05, 3.63) is 137 Å². The molecular weight excluding hydrogens is 796 g/mol. The second kappa shape index (κ2) is 12.3. The fraction of sp³-hybridized carbons (Fsp3) is 0.288. The van der Waals surface area contributed by atoms with Crippen LogP contribution in [0.3, 0.4) is 0 Å². The topological polar surface area (TPSA) is 21.3 Å². The number of nitrogens with zero attached hydrogens (tertiary/aromatic N) is 2. The summed E-state index contributed by atoms with van der Waals surface area (Å²) >= 11 is 1.94. The van der Waals surface area contributed by atoms with Crippen molar-refractivity contribution in [2.45, 2.75) is 111 Å². The average Bonchev–Trinajstić information content (AvgIpc) is 3.93. The summed E-state index contributed by atoms with van der Waals surface area (Å²) in [5.74, 6) is 0. The van der Waals surface area contributed by atoms with Gasteiger partial charge in [0.2, 0.25) is 0 Å². The third-order valence-electron chi connectivity index (χ3n) is 15.8. The van der Waals surface area contributed by atoms with Crippen molar-refractivity contribution in [2.75, 3.05) is 4.81 Å². The molecule has 0 radical (unpaired) electrons. The monoisotopic (exact) mass is 850 g/mol. The molecular formula is C59H55BN2OS. The number of hydrogen-bond acceptors (Lipinski definition) is 3. The lowest BCUT2D eigenvalue weighted by molar-refractivity contribution is 0.332.